The fraction of sp³-hybridized carbons (Fsp3) is 0.250. The van der Waals surface area contributed by atoms with E-state index in [2.05, 4.69) is 6.58 Å². The molecule has 0 spiro atoms. The zero-order valence-corrected chi connectivity index (χ0v) is 8.57. The molecule has 3 nitrogen and oxygen atoms in total. The van der Waals surface area contributed by atoms with Gasteiger partial charge < -0.3 is 10.6 Å². The van der Waals surface area contributed by atoms with Crippen LogP contribution in [0, 0.1) is 0 Å². The van der Waals surface area contributed by atoms with Crippen molar-refractivity contribution >= 4 is 17.3 Å². The van der Waals surface area contributed by atoms with Crippen molar-refractivity contribution in [3.63, 3.8) is 0 Å². The van der Waals surface area contributed by atoms with Crippen molar-refractivity contribution in [2.45, 2.75) is 12.8 Å². The van der Waals surface area contributed by atoms with Crippen molar-refractivity contribution in [3.8, 4) is 0 Å². The SMILES string of the molecule is C=CC(=O)N1CCCc2cc(N)ccc21. The molecular weight excluding hydrogens is 188 g/mol. The first-order chi connectivity index (χ1) is 7.22. The van der Waals surface area contributed by atoms with E-state index in [1.165, 1.54) is 6.08 Å². The molecule has 0 radical (unpaired) electrons. The molecule has 0 aliphatic carbocycles. The maximum atomic E-state index is 11.6. The van der Waals surface area contributed by atoms with Crippen LogP contribution in [0.3, 0.4) is 0 Å². The molecule has 1 aliphatic rings. The Hall–Kier alpha value is -1.77. The smallest absolute Gasteiger partial charge is 0.250 e. The highest BCUT2D eigenvalue weighted by molar-refractivity contribution is 6.02. The van der Waals surface area contributed by atoms with E-state index < -0.39 is 0 Å². The summed E-state index contributed by atoms with van der Waals surface area (Å²) in [5.41, 5.74) is 8.59. The van der Waals surface area contributed by atoms with E-state index in [4.69, 9.17) is 5.73 Å². The van der Waals surface area contributed by atoms with Gasteiger partial charge in [-0.1, -0.05) is 6.58 Å². The first-order valence-electron chi connectivity index (χ1n) is 5.04. The molecule has 15 heavy (non-hydrogen) atoms. The molecule has 0 unspecified atom stereocenters. The number of fused-ring (bicyclic) bond motifs is 1. The van der Waals surface area contributed by atoms with Crippen LogP contribution in [-0.4, -0.2) is 12.5 Å². The van der Waals surface area contributed by atoms with Crippen molar-refractivity contribution in [2.24, 2.45) is 0 Å². The second kappa shape index (κ2) is 3.77. The van der Waals surface area contributed by atoms with Crippen LogP contribution in [0.25, 0.3) is 0 Å². The van der Waals surface area contributed by atoms with Gasteiger partial charge in [0, 0.05) is 17.9 Å². The fourth-order valence-corrected chi connectivity index (χ4v) is 1.96. The van der Waals surface area contributed by atoms with E-state index in [0.29, 0.717) is 0 Å². The summed E-state index contributed by atoms with van der Waals surface area (Å²) in [6.45, 7) is 4.28. The van der Waals surface area contributed by atoms with E-state index in [0.717, 1.165) is 36.3 Å². The average molecular weight is 202 g/mol. The molecule has 3 heteroatoms. The van der Waals surface area contributed by atoms with E-state index in [1.807, 2.05) is 18.2 Å². The van der Waals surface area contributed by atoms with Crippen LogP contribution < -0.4 is 10.6 Å². The molecule has 0 bridgehead atoms. The Bertz CT molecular complexity index is 412. The lowest BCUT2D eigenvalue weighted by atomic mass is 10.0. The normalized spacial score (nSPS) is 14.5. The van der Waals surface area contributed by atoms with Gasteiger partial charge in [-0.05, 0) is 42.7 Å². The van der Waals surface area contributed by atoms with Gasteiger partial charge in [-0.3, -0.25) is 4.79 Å². The number of nitrogens with two attached hydrogens (primary N) is 1. The standard InChI is InChI=1S/C12H14N2O/c1-2-12(15)14-7-3-4-9-8-10(13)5-6-11(9)14/h2,5-6,8H,1,3-4,7,13H2. The lowest BCUT2D eigenvalue weighted by Crippen LogP contribution is -2.34. The number of nitrogens with zero attached hydrogens (tertiary/aromatic N) is 1. The Balaban J connectivity index is 2.42. The molecule has 0 aromatic heterocycles. The molecule has 1 amide bonds. The minimum Gasteiger partial charge on any atom is -0.399 e. The Labute approximate surface area is 89.2 Å². The van der Waals surface area contributed by atoms with Crippen molar-refractivity contribution in [1.29, 1.82) is 0 Å². The van der Waals surface area contributed by atoms with Crippen LogP contribution in [0.15, 0.2) is 30.9 Å². The van der Waals surface area contributed by atoms with E-state index in [9.17, 15) is 4.79 Å². The molecule has 1 aromatic rings. The summed E-state index contributed by atoms with van der Waals surface area (Å²) in [5, 5.41) is 0. The van der Waals surface area contributed by atoms with Crippen molar-refractivity contribution < 1.29 is 4.79 Å². The predicted octanol–water partition coefficient (Wildman–Crippen LogP) is 1.73. The summed E-state index contributed by atoms with van der Waals surface area (Å²) in [6, 6.07) is 5.68. The van der Waals surface area contributed by atoms with Gasteiger partial charge in [0.2, 0.25) is 5.91 Å². The number of carbonyl (C=O) groups excluding carboxylic acids is 1. The number of hydrogen-bond acceptors (Lipinski definition) is 2. The topological polar surface area (TPSA) is 46.3 Å². The van der Waals surface area contributed by atoms with Crippen molar-refractivity contribution in [3.05, 3.63) is 36.4 Å². The predicted molar refractivity (Wildman–Crippen MR) is 61.7 cm³/mol. The number of anilines is 2. The quantitative estimate of drug-likeness (QED) is 0.557. The molecule has 2 rings (SSSR count). The Morgan fingerprint density at radius 1 is 1.53 bits per heavy atom. The van der Waals surface area contributed by atoms with Crippen LogP contribution in [0.5, 0.6) is 0 Å². The zero-order valence-electron chi connectivity index (χ0n) is 8.57. The Morgan fingerprint density at radius 2 is 2.33 bits per heavy atom. The first kappa shape index (κ1) is 9.77. The molecule has 1 aromatic carbocycles. The minimum absolute atomic E-state index is 0.0410. The minimum atomic E-state index is -0.0410. The van der Waals surface area contributed by atoms with Gasteiger partial charge in [-0.15, -0.1) is 0 Å². The molecule has 0 saturated heterocycles. The molecular formula is C12H14N2O. The Morgan fingerprint density at radius 3 is 3.07 bits per heavy atom. The van der Waals surface area contributed by atoms with Crippen LogP contribution in [-0.2, 0) is 11.2 Å². The summed E-state index contributed by atoms with van der Waals surface area (Å²) in [7, 11) is 0. The molecule has 0 fully saturated rings. The highest BCUT2D eigenvalue weighted by atomic mass is 16.2. The third kappa shape index (κ3) is 1.73. The second-order valence-electron chi connectivity index (χ2n) is 3.69. The monoisotopic (exact) mass is 202 g/mol. The number of aryl methyl sites for hydroxylation is 1. The maximum Gasteiger partial charge on any atom is 0.250 e. The van der Waals surface area contributed by atoms with E-state index in [1.54, 1.807) is 4.90 Å². The second-order valence-corrected chi connectivity index (χ2v) is 3.69. The Kier molecular flexibility index (Phi) is 2.46. The van der Waals surface area contributed by atoms with Crippen molar-refractivity contribution in [1.82, 2.24) is 0 Å². The average Bonchev–Trinajstić information content (AvgIpc) is 2.26. The third-order valence-electron chi connectivity index (χ3n) is 2.66. The van der Waals surface area contributed by atoms with Gasteiger partial charge in [0.25, 0.3) is 0 Å². The van der Waals surface area contributed by atoms with Crippen LogP contribution >= 0.6 is 0 Å². The lowest BCUT2D eigenvalue weighted by molar-refractivity contribution is -0.114. The fourth-order valence-electron chi connectivity index (χ4n) is 1.96. The highest BCUT2D eigenvalue weighted by Crippen LogP contribution is 2.28. The lowest BCUT2D eigenvalue weighted by Gasteiger charge is -2.28. The van der Waals surface area contributed by atoms with Crippen LogP contribution in [0.2, 0.25) is 0 Å². The van der Waals surface area contributed by atoms with Gasteiger partial charge >= 0.3 is 0 Å². The van der Waals surface area contributed by atoms with E-state index in [-0.39, 0.29) is 5.91 Å². The van der Waals surface area contributed by atoms with Gasteiger partial charge in [-0.2, -0.15) is 0 Å². The number of hydrogen-bond donors (Lipinski definition) is 1. The molecule has 2 N–H and O–H groups in total. The van der Waals surface area contributed by atoms with Crippen LogP contribution in [0.1, 0.15) is 12.0 Å². The molecule has 0 atom stereocenters. The summed E-state index contributed by atoms with van der Waals surface area (Å²) >= 11 is 0. The summed E-state index contributed by atoms with van der Waals surface area (Å²) in [4.78, 5) is 13.3. The first-order valence-corrected chi connectivity index (χ1v) is 5.04. The molecule has 0 saturated carbocycles. The largest absolute Gasteiger partial charge is 0.399 e. The van der Waals surface area contributed by atoms with Gasteiger partial charge in [-0.25, -0.2) is 0 Å². The highest BCUT2D eigenvalue weighted by Gasteiger charge is 2.20. The maximum absolute atomic E-state index is 11.6. The summed E-state index contributed by atoms with van der Waals surface area (Å²) in [5.74, 6) is -0.0410. The summed E-state index contributed by atoms with van der Waals surface area (Å²) < 4.78 is 0. The van der Waals surface area contributed by atoms with Crippen molar-refractivity contribution in [2.75, 3.05) is 17.2 Å². The van der Waals surface area contributed by atoms with Gasteiger partial charge in [0.05, 0.1) is 0 Å². The molecule has 1 aliphatic heterocycles. The summed E-state index contributed by atoms with van der Waals surface area (Å²) in [6.07, 6.45) is 3.32. The number of nitrogen functional groups attached to an aromatic ring is 1. The number of carbonyl (C=O) groups is 1. The van der Waals surface area contributed by atoms with Gasteiger partial charge in [0.15, 0.2) is 0 Å². The van der Waals surface area contributed by atoms with Gasteiger partial charge in [0.1, 0.15) is 0 Å². The molecule has 78 valence electrons. The zero-order chi connectivity index (χ0) is 10.8. The number of amides is 1. The number of benzene rings is 1. The number of rotatable bonds is 1. The molecule has 1 heterocycles. The third-order valence-corrected chi connectivity index (χ3v) is 2.66. The van der Waals surface area contributed by atoms with Crippen LogP contribution in [0.4, 0.5) is 11.4 Å². The van der Waals surface area contributed by atoms with E-state index >= 15 is 0 Å².